The van der Waals surface area contributed by atoms with Gasteiger partial charge in [0.2, 0.25) is 0 Å². The number of hydrogen-bond acceptors (Lipinski definition) is 0. The minimum Gasteiger partial charge on any atom is -0.0722 e. The van der Waals surface area contributed by atoms with E-state index in [-0.39, 0.29) is 0 Å². The molecular formula is C42H26. The van der Waals surface area contributed by atoms with Gasteiger partial charge in [0.15, 0.2) is 0 Å². The van der Waals surface area contributed by atoms with Crippen molar-refractivity contribution in [3.8, 4) is 0 Å². The third-order valence-electron chi connectivity index (χ3n) is 9.87. The van der Waals surface area contributed by atoms with Crippen LogP contribution < -0.4 is 5.22 Å². The summed E-state index contributed by atoms with van der Waals surface area (Å²) in [5, 5.41) is 17.6. The molecule has 0 saturated carbocycles. The maximum Gasteiger partial charge on any atom is -0.00142 e. The SMILES string of the molecule is C1=CC(=C2CC=c3ccc4cccc5ccc2c3c54)CC=C1c1ccc2cccc3c4cccc5cccc(c1c23)c54. The number of allylic oxidation sites excluding steroid dienone is 6. The van der Waals surface area contributed by atoms with Crippen LogP contribution in [0.15, 0.2) is 133 Å². The number of hydrogen-bond donors (Lipinski definition) is 0. The summed E-state index contributed by atoms with van der Waals surface area (Å²) in [5.41, 5.74) is 6.95. The van der Waals surface area contributed by atoms with Crippen molar-refractivity contribution in [2.45, 2.75) is 12.8 Å². The largest absolute Gasteiger partial charge is 0.0722 e. The molecule has 0 bridgehead atoms. The summed E-state index contributed by atoms with van der Waals surface area (Å²) >= 11 is 0. The van der Waals surface area contributed by atoms with Gasteiger partial charge in [0.1, 0.15) is 0 Å². The quantitative estimate of drug-likeness (QED) is 0.146. The van der Waals surface area contributed by atoms with Crippen LogP contribution in [0.1, 0.15) is 24.0 Å². The van der Waals surface area contributed by atoms with Gasteiger partial charge in [-0.15, -0.1) is 0 Å². The Labute approximate surface area is 243 Å². The van der Waals surface area contributed by atoms with Gasteiger partial charge in [-0.05, 0) is 111 Å². The molecule has 0 unspecified atom stereocenters. The average Bonchev–Trinajstić information content (AvgIpc) is 3.06. The van der Waals surface area contributed by atoms with Crippen LogP contribution in [0.3, 0.4) is 0 Å². The molecule has 0 radical (unpaired) electrons. The van der Waals surface area contributed by atoms with Crippen LogP contribution in [0.4, 0.5) is 0 Å². The van der Waals surface area contributed by atoms with E-state index in [2.05, 4.69) is 133 Å². The van der Waals surface area contributed by atoms with Gasteiger partial charge in [-0.25, -0.2) is 0 Å². The molecule has 8 aromatic carbocycles. The zero-order valence-electron chi connectivity index (χ0n) is 23.1. The second-order valence-electron chi connectivity index (χ2n) is 11.9. The second kappa shape index (κ2) is 8.18. The second-order valence-corrected chi connectivity index (χ2v) is 11.9. The van der Waals surface area contributed by atoms with Gasteiger partial charge in [0.25, 0.3) is 0 Å². The van der Waals surface area contributed by atoms with Crippen molar-refractivity contribution in [3.63, 3.8) is 0 Å². The monoisotopic (exact) mass is 530 g/mol. The highest BCUT2D eigenvalue weighted by Gasteiger charge is 2.20. The Balaban J connectivity index is 1.17. The lowest BCUT2D eigenvalue weighted by atomic mass is 9.82. The molecule has 8 aromatic rings. The highest BCUT2D eigenvalue weighted by molar-refractivity contribution is 6.34. The van der Waals surface area contributed by atoms with E-state index in [0.29, 0.717) is 0 Å². The molecule has 0 aliphatic heterocycles. The summed E-state index contributed by atoms with van der Waals surface area (Å²) in [4.78, 5) is 0. The van der Waals surface area contributed by atoms with Gasteiger partial charge >= 0.3 is 0 Å². The van der Waals surface area contributed by atoms with E-state index in [4.69, 9.17) is 0 Å². The van der Waals surface area contributed by atoms with Crippen LogP contribution in [0.5, 0.6) is 0 Å². The zero-order chi connectivity index (χ0) is 27.4. The first kappa shape index (κ1) is 22.5. The van der Waals surface area contributed by atoms with Gasteiger partial charge in [0, 0.05) is 0 Å². The van der Waals surface area contributed by atoms with Crippen molar-refractivity contribution < 1.29 is 0 Å². The molecule has 0 spiro atoms. The lowest BCUT2D eigenvalue weighted by Gasteiger charge is -2.22. The summed E-state index contributed by atoms with van der Waals surface area (Å²) in [6.07, 6.45) is 11.6. The number of fused-ring (bicyclic) bond motifs is 2. The Morgan fingerprint density at radius 3 is 1.74 bits per heavy atom. The van der Waals surface area contributed by atoms with Crippen LogP contribution in [0.25, 0.3) is 81.9 Å². The molecule has 0 saturated heterocycles. The van der Waals surface area contributed by atoms with Crippen molar-refractivity contribution in [1.29, 1.82) is 0 Å². The minimum absolute atomic E-state index is 0.944. The third kappa shape index (κ3) is 2.91. The summed E-state index contributed by atoms with van der Waals surface area (Å²) in [6.45, 7) is 0. The molecule has 0 N–H and O–H groups in total. The fourth-order valence-corrected chi connectivity index (χ4v) is 8.02. The molecule has 2 aliphatic rings. The van der Waals surface area contributed by atoms with Gasteiger partial charge in [0.05, 0.1) is 0 Å². The fraction of sp³-hybridized carbons (Fsp3) is 0.0476. The predicted octanol–water partition coefficient (Wildman–Crippen LogP) is 10.7. The molecule has 0 heteroatoms. The summed E-state index contributed by atoms with van der Waals surface area (Å²) < 4.78 is 0. The highest BCUT2D eigenvalue weighted by Crippen LogP contribution is 2.44. The molecule has 0 fully saturated rings. The zero-order valence-corrected chi connectivity index (χ0v) is 23.1. The fourth-order valence-electron chi connectivity index (χ4n) is 8.02. The molecule has 42 heavy (non-hydrogen) atoms. The van der Waals surface area contributed by atoms with E-state index in [1.54, 1.807) is 0 Å². The molecule has 0 atom stereocenters. The van der Waals surface area contributed by atoms with E-state index in [9.17, 15) is 0 Å². The molecule has 2 aliphatic carbocycles. The Bertz CT molecular complexity index is 2580. The molecule has 0 nitrogen and oxygen atoms in total. The predicted molar refractivity (Wildman–Crippen MR) is 182 cm³/mol. The average molecular weight is 531 g/mol. The molecule has 194 valence electrons. The molecular weight excluding hydrogens is 504 g/mol. The molecule has 0 amide bonds. The van der Waals surface area contributed by atoms with Crippen molar-refractivity contribution in [3.05, 3.63) is 149 Å². The smallest absolute Gasteiger partial charge is 0.00142 e. The van der Waals surface area contributed by atoms with Crippen LogP contribution in [-0.4, -0.2) is 0 Å². The molecule has 0 heterocycles. The van der Waals surface area contributed by atoms with Gasteiger partial charge < -0.3 is 0 Å². The topological polar surface area (TPSA) is 0 Å². The lowest BCUT2D eigenvalue weighted by Crippen LogP contribution is -2.10. The minimum atomic E-state index is 0.944. The first-order valence-electron chi connectivity index (χ1n) is 15.0. The van der Waals surface area contributed by atoms with E-state index < -0.39 is 0 Å². The summed E-state index contributed by atoms with van der Waals surface area (Å²) in [6, 6.07) is 40.8. The Morgan fingerprint density at radius 2 is 1.00 bits per heavy atom. The van der Waals surface area contributed by atoms with E-state index in [1.165, 1.54) is 97.7 Å². The van der Waals surface area contributed by atoms with Crippen LogP contribution in [0, 0.1) is 0 Å². The van der Waals surface area contributed by atoms with Gasteiger partial charge in [-0.1, -0.05) is 133 Å². The van der Waals surface area contributed by atoms with Gasteiger partial charge in [-0.2, -0.15) is 0 Å². The maximum absolute atomic E-state index is 2.46. The Hall–Kier alpha value is -5.20. The summed E-state index contributed by atoms with van der Waals surface area (Å²) in [5.74, 6) is 0. The highest BCUT2D eigenvalue weighted by atomic mass is 14.2. The van der Waals surface area contributed by atoms with E-state index in [0.717, 1.165) is 12.8 Å². The first-order chi connectivity index (χ1) is 20.8. The Kier molecular flexibility index (Phi) is 4.38. The van der Waals surface area contributed by atoms with E-state index >= 15 is 0 Å². The van der Waals surface area contributed by atoms with Crippen molar-refractivity contribution >= 4 is 81.9 Å². The number of benzene rings is 8. The van der Waals surface area contributed by atoms with Crippen molar-refractivity contribution in [1.82, 2.24) is 0 Å². The summed E-state index contributed by atoms with van der Waals surface area (Å²) in [7, 11) is 0. The van der Waals surface area contributed by atoms with Gasteiger partial charge in [-0.3, -0.25) is 0 Å². The Morgan fingerprint density at radius 1 is 0.381 bits per heavy atom. The first-order valence-corrected chi connectivity index (χ1v) is 15.0. The lowest BCUT2D eigenvalue weighted by molar-refractivity contribution is 1.24. The molecule has 0 aromatic heterocycles. The van der Waals surface area contributed by atoms with Crippen LogP contribution >= 0.6 is 0 Å². The van der Waals surface area contributed by atoms with Crippen LogP contribution in [0.2, 0.25) is 0 Å². The standard InChI is InChI=1S/C42H26/c1-5-28-17-18-31-19-22-32(36-24-21-29(6-1)38(28)40(31)36)25-13-15-26(16-14-25)33-23-20-30-9-3-11-35-34-10-2-7-27-8-4-12-37(39(27)34)42(33)41(30)35/h1-13,15-21,23-24H,14,22H2. The maximum atomic E-state index is 2.46. The third-order valence-corrected chi connectivity index (χ3v) is 9.87. The van der Waals surface area contributed by atoms with Crippen LogP contribution in [-0.2, 0) is 0 Å². The van der Waals surface area contributed by atoms with Crippen molar-refractivity contribution in [2.24, 2.45) is 0 Å². The van der Waals surface area contributed by atoms with Crippen molar-refractivity contribution in [2.75, 3.05) is 0 Å². The normalized spacial score (nSPS) is 16.8. The molecule has 10 rings (SSSR count). The number of rotatable bonds is 1. The van der Waals surface area contributed by atoms with E-state index in [1.807, 2.05) is 0 Å².